The Labute approximate surface area is 129 Å². The molecule has 1 aliphatic heterocycles. The number of guanidine groups is 1. The van der Waals surface area contributed by atoms with Gasteiger partial charge in [-0.15, -0.1) is 12.4 Å². The quantitative estimate of drug-likeness (QED) is 0.663. The van der Waals surface area contributed by atoms with Crippen LogP contribution in [0.15, 0.2) is 29.3 Å². The van der Waals surface area contributed by atoms with Crippen LogP contribution >= 0.6 is 12.4 Å². The van der Waals surface area contributed by atoms with Crippen molar-refractivity contribution in [2.24, 2.45) is 10.7 Å². The molecule has 2 rings (SSSR count). The maximum absolute atomic E-state index is 12.7. The summed E-state index contributed by atoms with van der Waals surface area (Å²) in [6.45, 7) is 2.06. The predicted molar refractivity (Wildman–Crippen MR) is 83.5 cm³/mol. The molecule has 0 bridgehead atoms. The number of rotatable bonds is 3. The van der Waals surface area contributed by atoms with Crippen molar-refractivity contribution in [2.45, 2.75) is 19.3 Å². The summed E-state index contributed by atoms with van der Waals surface area (Å²) < 4.78 is 18.0. The van der Waals surface area contributed by atoms with Gasteiger partial charge in [0.15, 0.2) is 0 Å². The fourth-order valence-corrected chi connectivity index (χ4v) is 2.06. The summed E-state index contributed by atoms with van der Waals surface area (Å²) in [4.78, 5) is 5.80. The topological polar surface area (TPSA) is 74.7 Å². The number of likely N-dealkylation sites (tertiary alicyclic amines) is 1. The zero-order valence-corrected chi connectivity index (χ0v) is 12.5. The first-order chi connectivity index (χ1) is 9.65. The number of aliphatic imine (C=N–C) groups is 1. The number of benzene rings is 1. The van der Waals surface area contributed by atoms with Crippen LogP contribution in [0.4, 0.5) is 4.39 Å². The minimum absolute atomic E-state index is 0. The van der Waals surface area contributed by atoms with Crippen molar-refractivity contribution in [2.75, 3.05) is 19.7 Å². The van der Waals surface area contributed by atoms with Crippen molar-refractivity contribution in [3.8, 4) is 0 Å². The molecule has 116 valence electrons. The largest absolute Gasteiger partial charge is 0.465 e. The number of hydrogen-bond acceptors (Lipinski definition) is 2. The first kappa shape index (κ1) is 17.2. The number of nitrogens with one attached hydrogen (secondary N) is 1. The maximum Gasteiger partial charge on any atom is 0.289 e. The smallest absolute Gasteiger partial charge is 0.289 e. The van der Waals surface area contributed by atoms with Crippen LogP contribution in [0.1, 0.15) is 18.4 Å². The van der Waals surface area contributed by atoms with E-state index in [1.54, 1.807) is 12.1 Å². The SMILES string of the molecule is Cl.N=C(N=C(N)OCCc1ccc(F)cc1)N1CCCC1. The van der Waals surface area contributed by atoms with Gasteiger partial charge in [0, 0.05) is 19.5 Å². The minimum Gasteiger partial charge on any atom is -0.465 e. The number of amidine groups is 1. The molecule has 21 heavy (non-hydrogen) atoms. The number of nitrogens with two attached hydrogens (primary N) is 1. The molecule has 1 aliphatic rings. The molecule has 5 nitrogen and oxygen atoms in total. The molecule has 1 saturated heterocycles. The van der Waals surface area contributed by atoms with Gasteiger partial charge in [0.25, 0.3) is 6.02 Å². The van der Waals surface area contributed by atoms with E-state index in [0.29, 0.717) is 13.0 Å². The second-order valence-corrected chi connectivity index (χ2v) is 4.69. The van der Waals surface area contributed by atoms with Gasteiger partial charge >= 0.3 is 0 Å². The van der Waals surface area contributed by atoms with Gasteiger partial charge in [0.1, 0.15) is 5.82 Å². The second kappa shape index (κ2) is 8.46. The molecule has 0 atom stereocenters. The lowest BCUT2D eigenvalue weighted by atomic mass is 10.2. The van der Waals surface area contributed by atoms with E-state index >= 15 is 0 Å². The third kappa shape index (κ3) is 5.59. The molecule has 0 aromatic heterocycles. The first-order valence-electron chi connectivity index (χ1n) is 6.70. The monoisotopic (exact) mass is 314 g/mol. The van der Waals surface area contributed by atoms with Gasteiger partial charge in [-0.05, 0) is 30.5 Å². The van der Waals surface area contributed by atoms with Crippen molar-refractivity contribution in [1.82, 2.24) is 4.90 Å². The van der Waals surface area contributed by atoms with E-state index in [2.05, 4.69) is 4.99 Å². The third-order valence-corrected chi connectivity index (χ3v) is 3.18. The highest BCUT2D eigenvalue weighted by Crippen LogP contribution is 2.08. The zero-order chi connectivity index (χ0) is 14.4. The minimum atomic E-state index is -0.255. The summed E-state index contributed by atoms with van der Waals surface area (Å²) in [5.74, 6) is -0.100. The van der Waals surface area contributed by atoms with Crippen molar-refractivity contribution in [1.29, 1.82) is 5.41 Å². The summed E-state index contributed by atoms with van der Waals surface area (Å²) in [5, 5.41) is 7.78. The Morgan fingerprint density at radius 1 is 1.29 bits per heavy atom. The maximum atomic E-state index is 12.7. The van der Waals surface area contributed by atoms with Gasteiger partial charge in [-0.2, -0.15) is 4.99 Å². The number of nitrogens with zero attached hydrogens (tertiary/aromatic N) is 2. The molecule has 0 aliphatic carbocycles. The van der Waals surface area contributed by atoms with E-state index in [-0.39, 0.29) is 30.2 Å². The number of halogens is 2. The number of hydrogen-bond donors (Lipinski definition) is 2. The van der Waals surface area contributed by atoms with Crippen LogP contribution in [0.3, 0.4) is 0 Å². The summed E-state index contributed by atoms with van der Waals surface area (Å²) in [6, 6.07) is 6.24. The van der Waals surface area contributed by atoms with Gasteiger partial charge in [-0.1, -0.05) is 12.1 Å². The van der Waals surface area contributed by atoms with Crippen molar-refractivity contribution in [3.05, 3.63) is 35.6 Å². The lowest BCUT2D eigenvalue weighted by molar-refractivity contribution is 0.304. The second-order valence-electron chi connectivity index (χ2n) is 4.69. The summed E-state index contributed by atoms with van der Waals surface area (Å²) in [7, 11) is 0. The molecule has 3 N–H and O–H groups in total. The normalized spacial score (nSPS) is 14.7. The van der Waals surface area contributed by atoms with Crippen LogP contribution in [0.25, 0.3) is 0 Å². The molecule has 0 radical (unpaired) electrons. The fourth-order valence-electron chi connectivity index (χ4n) is 2.06. The molecule has 0 amide bonds. The van der Waals surface area contributed by atoms with Crippen molar-refractivity contribution in [3.63, 3.8) is 0 Å². The Kier molecular flexibility index (Phi) is 6.94. The standard InChI is InChI=1S/C14H19FN4O.ClH/c15-12-5-3-11(4-6-12)7-10-20-14(17)18-13(16)19-8-1-2-9-19;/h3-6H,1-2,7-10H2,(H3,16,17,18);1H. The Balaban J connectivity index is 0.00000220. The highest BCUT2D eigenvalue weighted by Gasteiger charge is 2.14. The van der Waals surface area contributed by atoms with Gasteiger partial charge in [0.05, 0.1) is 6.61 Å². The highest BCUT2D eigenvalue weighted by molar-refractivity contribution is 5.90. The van der Waals surface area contributed by atoms with Gasteiger partial charge in [-0.25, -0.2) is 4.39 Å². The van der Waals surface area contributed by atoms with E-state index in [9.17, 15) is 4.39 Å². The number of ether oxygens (including phenoxy) is 1. The van der Waals surface area contributed by atoms with Crippen LogP contribution in [-0.4, -0.2) is 36.6 Å². The Morgan fingerprint density at radius 3 is 2.52 bits per heavy atom. The lowest BCUT2D eigenvalue weighted by Gasteiger charge is -2.14. The average Bonchev–Trinajstić information content (AvgIpc) is 2.95. The Bertz CT molecular complexity index is 486. The van der Waals surface area contributed by atoms with Crippen LogP contribution in [0.2, 0.25) is 0 Å². The van der Waals surface area contributed by atoms with E-state index in [1.807, 2.05) is 4.90 Å². The Morgan fingerprint density at radius 2 is 1.90 bits per heavy atom. The summed E-state index contributed by atoms with van der Waals surface area (Å²) in [6.07, 6.45) is 2.79. The van der Waals surface area contributed by atoms with E-state index in [0.717, 1.165) is 31.5 Å². The van der Waals surface area contributed by atoms with Gasteiger partial charge < -0.3 is 15.4 Å². The molecular weight excluding hydrogens is 295 g/mol. The summed E-state index contributed by atoms with van der Waals surface area (Å²) >= 11 is 0. The highest BCUT2D eigenvalue weighted by atomic mass is 35.5. The predicted octanol–water partition coefficient (Wildman–Crippen LogP) is 2.15. The molecule has 1 fully saturated rings. The van der Waals surface area contributed by atoms with Crippen LogP contribution in [0.5, 0.6) is 0 Å². The first-order valence-corrected chi connectivity index (χ1v) is 6.70. The molecule has 1 heterocycles. The van der Waals surface area contributed by atoms with Gasteiger partial charge in [0.2, 0.25) is 5.96 Å². The van der Waals surface area contributed by atoms with Crippen molar-refractivity contribution >= 4 is 24.4 Å². The van der Waals surface area contributed by atoms with E-state index in [4.69, 9.17) is 15.9 Å². The molecule has 7 heteroatoms. The zero-order valence-electron chi connectivity index (χ0n) is 11.7. The third-order valence-electron chi connectivity index (χ3n) is 3.18. The van der Waals surface area contributed by atoms with E-state index < -0.39 is 0 Å². The average molecular weight is 315 g/mol. The molecule has 1 aromatic rings. The van der Waals surface area contributed by atoms with E-state index in [1.165, 1.54) is 12.1 Å². The Hall–Kier alpha value is -1.82. The summed E-state index contributed by atoms with van der Waals surface area (Å²) in [5.41, 5.74) is 6.60. The van der Waals surface area contributed by atoms with Crippen LogP contribution in [0, 0.1) is 11.2 Å². The lowest BCUT2D eigenvalue weighted by Crippen LogP contribution is -2.29. The molecule has 0 unspecified atom stereocenters. The molecule has 0 spiro atoms. The molecular formula is C14H20ClFN4O. The van der Waals surface area contributed by atoms with Crippen molar-refractivity contribution < 1.29 is 9.13 Å². The van der Waals surface area contributed by atoms with Crippen LogP contribution in [-0.2, 0) is 11.2 Å². The molecule has 0 saturated carbocycles. The van der Waals surface area contributed by atoms with Gasteiger partial charge in [-0.3, -0.25) is 5.41 Å². The van der Waals surface area contributed by atoms with Crippen LogP contribution < -0.4 is 5.73 Å². The fraction of sp³-hybridized carbons (Fsp3) is 0.429. The molecule has 1 aromatic carbocycles.